The number of nitrogens with zero attached hydrogens (tertiary/aromatic N) is 1. The number of fused-ring (bicyclic) bond motifs is 1. The van der Waals surface area contributed by atoms with Crippen LogP contribution in [0.25, 0.3) is 10.9 Å². The van der Waals surface area contributed by atoms with E-state index in [9.17, 15) is 4.79 Å². The second-order valence-corrected chi connectivity index (χ2v) is 4.77. The third-order valence-corrected chi connectivity index (χ3v) is 2.85. The number of hydrogen-bond acceptors (Lipinski definition) is 3. The molecule has 1 atom stereocenters. The molecule has 21 heavy (non-hydrogen) atoms. The molecule has 2 aromatic rings. The van der Waals surface area contributed by atoms with Crippen molar-refractivity contribution in [1.82, 2.24) is 15.2 Å². The number of carbonyl (C=O) groups excluding carboxylic acids is 1. The summed E-state index contributed by atoms with van der Waals surface area (Å²) < 4.78 is 79.8. The number of amides is 1. The molecule has 2 heterocycles. The minimum absolute atomic E-state index is 0.0651. The fraction of sp³-hybridized carbons (Fsp3) is 0.438. The van der Waals surface area contributed by atoms with E-state index in [0.717, 1.165) is 11.1 Å². The van der Waals surface area contributed by atoms with Crippen LogP contribution < -0.4 is 5.32 Å². The summed E-state index contributed by atoms with van der Waals surface area (Å²) in [5.74, 6) is 0. The zero-order valence-electron chi connectivity index (χ0n) is 20.6. The summed E-state index contributed by atoms with van der Waals surface area (Å²) in [5.41, 5.74) is -0.832. The highest BCUT2D eigenvalue weighted by Gasteiger charge is 2.22. The van der Waals surface area contributed by atoms with Crippen molar-refractivity contribution in [2.75, 3.05) is 27.2 Å². The van der Waals surface area contributed by atoms with Gasteiger partial charge < -0.3 is 19.9 Å². The predicted molar refractivity (Wildman–Crippen MR) is 82.5 cm³/mol. The number of aromatic nitrogens is 1. The molecule has 5 heteroatoms. The van der Waals surface area contributed by atoms with Crippen LogP contribution in [0.5, 0.6) is 0 Å². The van der Waals surface area contributed by atoms with Crippen LogP contribution in [0.1, 0.15) is 23.5 Å². The van der Waals surface area contributed by atoms with Gasteiger partial charge in [0.1, 0.15) is 6.61 Å². The fourth-order valence-corrected chi connectivity index (χ4v) is 1.91. The lowest BCUT2D eigenvalue weighted by molar-refractivity contribution is 0.177. The topological polar surface area (TPSA) is 57.4 Å². The van der Waals surface area contributed by atoms with Gasteiger partial charge in [-0.3, -0.25) is 0 Å². The molecule has 0 bridgehead atoms. The summed E-state index contributed by atoms with van der Waals surface area (Å²) in [7, 11) is 2.72. The second kappa shape index (κ2) is 5.77. The molecule has 1 aliphatic heterocycles. The summed E-state index contributed by atoms with van der Waals surface area (Å²) in [6.45, 7) is -2.83. The maximum Gasteiger partial charge on any atom is 0.407 e. The first-order valence-corrected chi connectivity index (χ1v) is 6.38. The van der Waals surface area contributed by atoms with E-state index in [4.69, 9.17) is 17.1 Å². The highest BCUT2D eigenvalue weighted by atomic mass is 16.6. The van der Waals surface area contributed by atoms with Crippen molar-refractivity contribution in [2.45, 2.75) is 18.8 Å². The van der Waals surface area contributed by atoms with Crippen molar-refractivity contribution in [3.8, 4) is 0 Å². The van der Waals surface area contributed by atoms with Crippen molar-refractivity contribution < 1.29 is 21.9 Å². The van der Waals surface area contributed by atoms with E-state index in [1.807, 2.05) is 0 Å². The molecule has 0 saturated carbocycles. The number of aryl methyl sites for hydroxylation is 1. The lowest BCUT2D eigenvalue weighted by Crippen LogP contribution is -2.28. The number of hydrogen-bond donors (Lipinski definition) is 2. The molecule has 1 amide bonds. The van der Waals surface area contributed by atoms with Crippen molar-refractivity contribution in [3.05, 3.63) is 35.5 Å². The van der Waals surface area contributed by atoms with E-state index in [1.165, 1.54) is 14.1 Å². The van der Waals surface area contributed by atoms with Crippen molar-refractivity contribution in [1.29, 1.82) is 0 Å². The van der Waals surface area contributed by atoms with E-state index in [0.29, 0.717) is 0 Å². The minimum Gasteiger partial charge on any atom is -0.447 e. The third-order valence-electron chi connectivity index (χ3n) is 2.85. The summed E-state index contributed by atoms with van der Waals surface area (Å²) in [5, 5.41) is 2.10. The van der Waals surface area contributed by atoms with Gasteiger partial charge in [-0.25, -0.2) is 4.79 Å². The Morgan fingerprint density at radius 1 is 1.52 bits per heavy atom. The van der Waals surface area contributed by atoms with E-state index >= 15 is 0 Å². The monoisotopic (exact) mass is 296 g/mol. The summed E-state index contributed by atoms with van der Waals surface area (Å²) in [4.78, 5) is 15.1. The van der Waals surface area contributed by atoms with E-state index in [1.54, 1.807) is 0 Å². The van der Waals surface area contributed by atoms with Gasteiger partial charge in [-0.15, -0.1) is 0 Å². The zero-order valence-corrected chi connectivity index (χ0v) is 11.6. The maximum absolute atomic E-state index is 11.4. The first-order chi connectivity index (χ1) is 13.7. The number of nitrogens with one attached hydrogen (secondary N) is 2. The van der Waals surface area contributed by atoms with Gasteiger partial charge in [0.25, 0.3) is 0 Å². The van der Waals surface area contributed by atoms with Crippen molar-refractivity contribution >= 4 is 17.0 Å². The normalized spacial score (nSPS) is 26.5. The van der Waals surface area contributed by atoms with Gasteiger partial charge in [-0.05, 0) is 50.1 Å². The van der Waals surface area contributed by atoms with Crippen molar-refractivity contribution in [3.63, 3.8) is 0 Å². The number of ether oxygens (including phenoxy) is 1. The SMILES string of the molecule is [2H]c1c(C([2H])([2H])[C@H]2COC(=O)N2)c([2H])c2c(C([2H])([2H])C([2H])([2H])N(C)C)c[nH]c2c1[2H]. The highest BCUT2D eigenvalue weighted by molar-refractivity contribution is 5.84. The van der Waals surface area contributed by atoms with Crippen LogP contribution in [0, 0.1) is 0 Å². The smallest absolute Gasteiger partial charge is 0.407 e. The average Bonchev–Trinajstić information content (AvgIpc) is 3.26. The van der Waals surface area contributed by atoms with Gasteiger partial charge in [-0.2, -0.15) is 0 Å². The van der Waals surface area contributed by atoms with Crippen LogP contribution in [-0.2, 0) is 17.5 Å². The van der Waals surface area contributed by atoms with E-state index in [-0.39, 0.29) is 23.1 Å². The Bertz CT molecular complexity index is 1020. The average molecular weight is 296 g/mol. The Labute approximate surface area is 136 Å². The predicted octanol–water partition coefficient (Wildman–Crippen LogP) is 1.92. The number of rotatable bonds is 5. The Balaban J connectivity index is 2.31. The third kappa shape index (κ3) is 3.19. The Kier molecular flexibility index (Phi) is 1.88. The van der Waals surface area contributed by atoms with Crippen LogP contribution in [-0.4, -0.2) is 49.2 Å². The zero-order chi connectivity index (χ0) is 22.8. The molecule has 0 spiro atoms. The molecular weight excluding hydrogens is 266 g/mol. The van der Waals surface area contributed by atoms with Crippen LogP contribution in [0.15, 0.2) is 24.3 Å². The number of aromatic amines is 1. The molecule has 0 aliphatic carbocycles. The highest BCUT2D eigenvalue weighted by Crippen LogP contribution is 2.21. The number of cyclic esters (lactones) is 1. The molecular formula is C16H21N3O2. The lowest BCUT2D eigenvalue weighted by Gasteiger charge is -2.09. The molecule has 1 aromatic heterocycles. The molecule has 5 nitrogen and oxygen atoms in total. The van der Waals surface area contributed by atoms with Crippen LogP contribution in [0.4, 0.5) is 4.79 Å². The summed E-state index contributed by atoms with van der Waals surface area (Å²) in [6, 6.07) is -2.80. The van der Waals surface area contributed by atoms with Crippen LogP contribution >= 0.6 is 0 Å². The van der Waals surface area contributed by atoms with Crippen LogP contribution in [0.2, 0.25) is 0 Å². The second-order valence-electron chi connectivity index (χ2n) is 4.77. The van der Waals surface area contributed by atoms with Gasteiger partial charge in [-0.1, -0.05) is 6.04 Å². The number of carbonyl (C=O) groups is 1. The van der Waals surface area contributed by atoms with Gasteiger partial charge in [0.15, 0.2) is 0 Å². The first kappa shape index (κ1) is 6.83. The van der Waals surface area contributed by atoms with E-state index < -0.39 is 55.1 Å². The largest absolute Gasteiger partial charge is 0.447 e. The van der Waals surface area contributed by atoms with E-state index in [2.05, 4.69) is 10.3 Å². The molecule has 1 aromatic carbocycles. The van der Waals surface area contributed by atoms with Gasteiger partial charge in [0.2, 0.25) is 0 Å². The van der Waals surface area contributed by atoms with Gasteiger partial charge in [0, 0.05) is 31.8 Å². The van der Waals surface area contributed by atoms with Gasteiger partial charge in [0.05, 0.1) is 10.2 Å². The molecule has 3 rings (SSSR count). The number of likely N-dealkylation sites (N-methyl/N-ethyl adjacent to an activating group) is 1. The summed E-state index contributed by atoms with van der Waals surface area (Å²) in [6.07, 6.45) is -4.81. The maximum atomic E-state index is 11.4. The standard InChI is InChI=1S/C16H21N3O2/c1-19(2)6-5-12-9-17-15-4-3-11(8-14(12)15)7-13-10-21-16(20)18-13/h3-4,8-9,13,17H,5-7,10H2,1-2H3,(H,18,20)/t13-/m0/s1/i3D,4D,5D2,6D2,7D2,8D. The van der Waals surface area contributed by atoms with Gasteiger partial charge >= 0.3 is 6.09 Å². The molecule has 0 radical (unpaired) electrons. The molecule has 112 valence electrons. The summed E-state index contributed by atoms with van der Waals surface area (Å²) >= 11 is 0. The Morgan fingerprint density at radius 2 is 2.38 bits per heavy atom. The lowest BCUT2D eigenvalue weighted by atomic mass is 10.0. The first-order valence-electron chi connectivity index (χ1n) is 10.9. The van der Waals surface area contributed by atoms with Crippen LogP contribution in [0.3, 0.4) is 0 Å². The van der Waals surface area contributed by atoms with Crippen molar-refractivity contribution in [2.24, 2.45) is 0 Å². The molecule has 0 unspecified atom stereocenters. The number of H-pyrrole nitrogens is 1. The molecule has 1 aliphatic rings. The number of alkyl carbamates (subject to hydrolysis) is 1. The Morgan fingerprint density at radius 3 is 3.10 bits per heavy atom. The molecule has 2 N–H and O–H groups in total. The minimum atomic E-state index is -2.64. The quantitative estimate of drug-likeness (QED) is 0.886. The molecule has 1 fully saturated rings. The number of benzene rings is 1. The Hall–Kier alpha value is -2.01. The fourth-order valence-electron chi connectivity index (χ4n) is 1.91. The molecule has 1 saturated heterocycles.